The summed E-state index contributed by atoms with van der Waals surface area (Å²) >= 11 is 0. The van der Waals surface area contributed by atoms with Crippen molar-refractivity contribution >= 4 is 11.9 Å². The molecule has 0 spiro atoms. The number of hydrogen-bond donors (Lipinski definition) is 1. The molecule has 0 saturated heterocycles. The first kappa shape index (κ1) is 28.6. The largest absolute Gasteiger partial charge is 0.494 e. The van der Waals surface area contributed by atoms with Crippen molar-refractivity contribution in [3.8, 4) is 5.88 Å². The molecule has 39 heavy (non-hydrogen) atoms. The Hall–Kier alpha value is -3.41. The average molecular weight is 530 g/mol. The van der Waals surface area contributed by atoms with Crippen LogP contribution in [0.25, 0.3) is 0 Å². The van der Waals surface area contributed by atoms with Crippen LogP contribution in [0.4, 0.5) is 5.69 Å². The molecule has 0 aliphatic heterocycles. The Morgan fingerprint density at radius 1 is 0.846 bits per heavy atom. The molecule has 0 radical (unpaired) electrons. The van der Waals surface area contributed by atoms with Gasteiger partial charge in [-0.15, -0.1) is 0 Å². The third-order valence-electron chi connectivity index (χ3n) is 8.08. The maximum atomic E-state index is 13.3. The van der Waals surface area contributed by atoms with E-state index in [9.17, 15) is 14.7 Å². The average Bonchev–Trinajstić information content (AvgIpc) is 2.92. The van der Waals surface area contributed by atoms with E-state index in [2.05, 4.69) is 62.2 Å². The maximum Gasteiger partial charge on any atom is 0.333 e. The van der Waals surface area contributed by atoms with E-state index < -0.39 is 11.2 Å². The molecule has 208 valence electrons. The number of aromatic nitrogens is 2. The first-order chi connectivity index (χ1) is 18.8. The Morgan fingerprint density at radius 3 is 2.28 bits per heavy atom. The molecular formula is C33H43N3O3. The van der Waals surface area contributed by atoms with E-state index in [4.69, 9.17) is 0 Å². The highest BCUT2D eigenvalue weighted by Gasteiger charge is 2.32. The van der Waals surface area contributed by atoms with E-state index in [0.717, 1.165) is 44.2 Å². The minimum absolute atomic E-state index is 0.0695. The van der Waals surface area contributed by atoms with Crippen molar-refractivity contribution in [2.45, 2.75) is 104 Å². The van der Waals surface area contributed by atoms with Crippen molar-refractivity contribution in [3.05, 3.63) is 91.1 Å². The zero-order chi connectivity index (χ0) is 28.0. The van der Waals surface area contributed by atoms with Crippen LogP contribution in [0.3, 0.4) is 0 Å². The van der Waals surface area contributed by atoms with Crippen LogP contribution < -0.4 is 11.2 Å². The predicted octanol–water partition coefficient (Wildman–Crippen LogP) is 6.86. The van der Waals surface area contributed by atoms with Gasteiger partial charge in [-0.05, 0) is 53.6 Å². The Balaban J connectivity index is 1.64. The van der Waals surface area contributed by atoms with Gasteiger partial charge in [0.25, 0.3) is 5.56 Å². The fourth-order valence-corrected chi connectivity index (χ4v) is 5.78. The molecule has 1 heterocycles. The van der Waals surface area contributed by atoms with Crippen LogP contribution in [0.5, 0.6) is 5.88 Å². The molecule has 0 unspecified atom stereocenters. The summed E-state index contributed by atoms with van der Waals surface area (Å²) < 4.78 is 2.61. The molecule has 0 bridgehead atoms. The number of benzene rings is 2. The van der Waals surface area contributed by atoms with Crippen LogP contribution in [-0.2, 0) is 24.9 Å². The summed E-state index contributed by atoms with van der Waals surface area (Å²) in [5.74, 6) is -0.289. The lowest BCUT2D eigenvalue weighted by Gasteiger charge is -2.35. The van der Waals surface area contributed by atoms with Gasteiger partial charge >= 0.3 is 5.69 Å². The molecule has 1 aliphatic carbocycles. The SMILES string of the molecule is CCCCCCCCn1c(O)c(C=Nc2ccc3c(c2)Cc2ccccc2C3(C)C)c(=O)n(CCCC)c1=O. The van der Waals surface area contributed by atoms with Gasteiger partial charge in [0.15, 0.2) is 0 Å². The minimum atomic E-state index is -0.484. The quantitative estimate of drug-likeness (QED) is 0.206. The zero-order valence-corrected chi connectivity index (χ0v) is 24.0. The molecule has 1 aromatic heterocycles. The van der Waals surface area contributed by atoms with E-state index in [1.807, 2.05) is 13.0 Å². The number of fused-ring (bicyclic) bond motifs is 2. The lowest BCUT2D eigenvalue weighted by molar-refractivity contribution is 0.378. The van der Waals surface area contributed by atoms with Crippen molar-refractivity contribution in [2.24, 2.45) is 4.99 Å². The topological polar surface area (TPSA) is 76.6 Å². The first-order valence-electron chi connectivity index (χ1n) is 14.6. The number of unbranched alkanes of at least 4 members (excludes halogenated alkanes) is 6. The number of aromatic hydroxyl groups is 1. The molecule has 3 aromatic rings. The lowest BCUT2D eigenvalue weighted by atomic mass is 9.69. The van der Waals surface area contributed by atoms with Crippen LogP contribution in [0.15, 0.2) is 57.0 Å². The number of rotatable bonds is 12. The molecule has 2 aromatic carbocycles. The molecule has 0 atom stereocenters. The van der Waals surface area contributed by atoms with Crippen LogP contribution in [0, 0.1) is 0 Å². The van der Waals surface area contributed by atoms with E-state index >= 15 is 0 Å². The molecule has 6 nitrogen and oxygen atoms in total. The molecule has 1 aliphatic rings. The monoisotopic (exact) mass is 529 g/mol. The highest BCUT2D eigenvalue weighted by molar-refractivity contribution is 5.84. The second kappa shape index (κ2) is 12.6. The van der Waals surface area contributed by atoms with Gasteiger partial charge in [-0.25, -0.2) is 4.79 Å². The molecule has 4 rings (SSSR count). The van der Waals surface area contributed by atoms with Gasteiger partial charge in [0.05, 0.1) is 5.69 Å². The Morgan fingerprint density at radius 2 is 1.51 bits per heavy atom. The van der Waals surface area contributed by atoms with Gasteiger partial charge in [-0.3, -0.25) is 18.9 Å². The number of aliphatic imine (C=N–C) groups is 1. The second-order valence-corrected chi connectivity index (χ2v) is 11.3. The predicted molar refractivity (Wildman–Crippen MR) is 160 cm³/mol. The fraction of sp³-hybridized carbons (Fsp3) is 0.485. The highest BCUT2D eigenvalue weighted by atomic mass is 16.3. The van der Waals surface area contributed by atoms with E-state index in [1.54, 1.807) is 0 Å². The van der Waals surface area contributed by atoms with Crippen LogP contribution in [0.1, 0.15) is 107 Å². The zero-order valence-electron chi connectivity index (χ0n) is 24.0. The second-order valence-electron chi connectivity index (χ2n) is 11.3. The summed E-state index contributed by atoms with van der Waals surface area (Å²) in [6, 6.07) is 14.7. The van der Waals surface area contributed by atoms with Crippen molar-refractivity contribution in [3.63, 3.8) is 0 Å². The summed E-state index contributed by atoms with van der Waals surface area (Å²) in [4.78, 5) is 31.1. The van der Waals surface area contributed by atoms with Gasteiger partial charge in [-0.1, -0.05) is 96.6 Å². The maximum absolute atomic E-state index is 13.3. The summed E-state index contributed by atoms with van der Waals surface area (Å²) in [6.45, 7) is 9.42. The third-order valence-corrected chi connectivity index (χ3v) is 8.08. The lowest BCUT2D eigenvalue weighted by Crippen LogP contribution is -2.41. The van der Waals surface area contributed by atoms with Gasteiger partial charge in [0.2, 0.25) is 5.88 Å². The van der Waals surface area contributed by atoms with Gasteiger partial charge < -0.3 is 5.11 Å². The summed E-state index contributed by atoms with van der Waals surface area (Å²) in [5, 5.41) is 11.0. The van der Waals surface area contributed by atoms with E-state index in [1.165, 1.54) is 56.9 Å². The molecule has 0 saturated carbocycles. The Labute approximate surface area is 232 Å². The van der Waals surface area contributed by atoms with E-state index in [0.29, 0.717) is 13.1 Å². The van der Waals surface area contributed by atoms with Crippen molar-refractivity contribution in [1.82, 2.24) is 9.13 Å². The standard InChI is InChI=1S/C33H43N3O3/c1-5-7-9-10-11-14-20-36-31(38)27(30(37)35(32(36)39)19-8-6-2)23-34-26-17-18-29-25(22-26)21-24-15-12-13-16-28(24)33(29,3)4/h12-13,15-18,22-23,38H,5-11,14,19-21H2,1-4H3. The normalized spacial score (nSPS) is 13.9. The molecular weight excluding hydrogens is 486 g/mol. The van der Waals surface area contributed by atoms with Crippen molar-refractivity contribution in [1.29, 1.82) is 0 Å². The van der Waals surface area contributed by atoms with Crippen molar-refractivity contribution < 1.29 is 5.11 Å². The van der Waals surface area contributed by atoms with Crippen LogP contribution >= 0.6 is 0 Å². The molecule has 1 N–H and O–H groups in total. The highest BCUT2D eigenvalue weighted by Crippen LogP contribution is 2.42. The molecule has 0 fully saturated rings. The number of nitrogens with zero attached hydrogens (tertiary/aromatic N) is 3. The van der Waals surface area contributed by atoms with Crippen LogP contribution in [-0.4, -0.2) is 20.5 Å². The van der Waals surface area contributed by atoms with Crippen LogP contribution in [0.2, 0.25) is 0 Å². The van der Waals surface area contributed by atoms with E-state index in [-0.39, 0.29) is 16.9 Å². The van der Waals surface area contributed by atoms with Gasteiger partial charge in [0.1, 0.15) is 5.56 Å². The summed E-state index contributed by atoms with van der Waals surface area (Å²) in [5.41, 5.74) is 4.91. The summed E-state index contributed by atoms with van der Waals surface area (Å²) in [7, 11) is 0. The van der Waals surface area contributed by atoms with Crippen molar-refractivity contribution in [2.75, 3.05) is 0 Å². The fourth-order valence-electron chi connectivity index (χ4n) is 5.78. The summed E-state index contributed by atoms with van der Waals surface area (Å²) in [6.07, 6.45) is 10.3. The Kier molecular flexibility index (Phi) is 9.26. The van der Waals surface area contributed by atoms with Gasteiger partial charge in [-0.2, -0.15) is 0 Å². The molecule has 6 heteroatoms. The minimum Gasteiger partial charge on any atom is -0.494 e. The Bertz CT molecular complexity index is 1450. The van der Waals surface area contributed by atoms with Gasteiger partial charge in [0, 0.05) is 24.7 Å². The third kappa shape index (κ3) is 6.10. The molecule has 0 amide bonds. The number of hydrogen-bond acceptors (Lipinski definition) is 4. The smallest absolute Gasteiger partial charge is 0.333 e. The first-order valence-corrected chi connectivity index (χ1v) is 14.6.